The summed E-state index contributed by atoms with van der Waals surface area (Å²) in [6, 6.07) is 18.2. The molecule has 5 rings (SSSR count). The molecule has 7 nitrogen and oxygen atoms in total. The van der Waals surface area contributed by atoms with Crippen molar-refractivity contribution in [2.24, 2.45) is 0 Å². The quantitative estimate of drug-likeness (QED) is 0.284. The molecular formula is C27H19ClN4O3. The molecule has 0 spiro atoms. The summed E-state index contributed by atoms with van der Waals surface area (Å²) in [6.45, 7) is 3.85. The lowest BCUT2D eigenvalue weighted by Gasteiger charge is -2.19. The third-order valence-corrected chi connectivity index (χ3v) is 5.91. The molecule has 0 aliphatic rings. The minimum absolute atomic E-state index is 0.182. The minimum Gasteiger partial charge on any atom is -0.455 e. The van der Waals surface area contributed by atoms with E-state index in [1.165, 1.54) is 12.7 Å². The molecule has 0 aliphatic carbocycles. The fourth-order valence-electron chi connectivity index (χ4n) is 4.11. The molecule has 0 amide bonds. The Bertz CT molecular complexity index is 1640. The van der Waals surface area contributed by atoms with E-state index in [0.29, 0.717) is 33.7 Å². The van der Waals surface area contributed by atoms with E-state index < -0.39 is 0 Å². The number of oxazole rings is 1. The van der Waals surface area contributed by atoms with Crippen LogP contribution in [0.3, 0.4) is 0 Å². The predicted molar refractivity (Wildman–Crippen MR) is 134 cm³/mol. The van der Waals surface area contributed by atoms with Gasteiger partial charge in [0, 0.05) is 11.1 Å². The molecule has 2 aromatic carbocycles. The second kappa shape index (κ2) is 9.09. The van der Waals surface area contributed by atoms with Crippen LogP contribution in [0, 0.1) is 18.3 Å². The second-order valence-electron chi connectivity index (χ2n) is 8.11. The molecule has 0 bridgehead atoms. The van der Waals surface area contributed by atoms with Crippen LogP contribution in [0.5, 0.6) is 0 Å². The standard InChI is InChI=1S/C27H19ClN4O3/c1-15-10-18(16(2)31-20-8-9-23(28)32-21(20)12-29)27-19(11-15)25(33)24(22-13-34-14-30-22)26(35-27)17-6-4-3-5-7-17/h3-11,13-14,16,31H,1-2H3. The highest BCUT2D eigenvalue weighted by atomic mass is 35.5. The van der Waals surface area contributed by atoms with Gasteiger partial charge in [-0.15, -0.1) is 0 Å². The zero-order valence-electron chi connectivity index (χ0n) is 18.9. The summed E-state index contributed by atoms with van der Waals surface area (Å²) in [7, 11) is 0. The molecule has 1 unspecified atom stereocenters. The van der Waals surface area contributed by atoms with Gasteiger partial charge in [0.15, 0.2) is 12.1 Å². The molecule has 5 aromatic rings. The number of aryl methyl sites for hydroxylation is 1. The van der Waals surface area contributed by atoms with Crippen molar-refractivity contribution in [2.75, 3.05) is 5.32 Å². The fourth-order valence-corrected chi connectivity index (χ4v) is 4.25. The van der Waals surface area contributed by atoms with Crippen molar-refractivity contribution in [3.63, 3.8) is 0 Å². The lowest BCUT2D eigenvalue weighted by Crippen LogP contribution is -2.13. The fraction of sp³-hybridized carbons (Fsp3) is 0.111. The van der Waals surface area contributed by atoms with E-state index in [1.54, 1.807) is 18.2 Å². The van der Waals surface area contributed by atoms with Crippen molar-refractivity contribution in [3.05, 3.63) is 99.5 Å². The van der Waals surface area contributed by atoms with E-state index >= 15 is 0 Å². The van der Waals surface area contributed by atoms with Crippen LogP contribution >= 0.6 is 11.6 Å². The highest BCUT2D eigenvalue weighted by Gasteiger charge is 2.23. The number of nitriles is 1. The van der Waals surface area contributed by atoms with Crippen molar-refractivity contribution in [3.8, 4) is 28.7 Å². The van der Waals surface area contributed by atoms with Gasteiger partial charge in [-0.3, -0.25) is 4.79 Å². The van der Waals surface area contributed by atoms with Crippen LogP contribution in [0.1, 0.15) is 29.8 Å². The van der Waals surface area contributed by atoms with Gasteiger partial charge in [-0.2, -0.15) is 5.26 Å². The summed E-state index contributed by atoms with van der Waals surface area (Å²) in [6.07, 6.45) is 2.72. The molecule has 172 valence electrons. The van der Waals surface area contributed by atoms with Crippen molar-refractivity contribution in [2.45, 2.75) is 19.9 Å². The first kappa shape index (κ1) is 22.4. The number of aromatic nitrogens is 2. The number of fused-ring (bicyclic) bond motifs is 1. The molecule has 1 atom stereocenters. The third-order valence-electron chi connectivity index (χ3n) is 5.69. The molecule has 3 aromatic heterocycles. The van der Waals surface area contributed by atoms with Crippen molar-refractivity contribution in [1.29, 1.82) is 5.26 Å². The SMILES string of the molecule is Cc1cc(C(C)Nc2ccc(Cl)nc2C#N)c2oc(-c3ccccc3)c(-c3cocn3)c(=O)c2c1. The van der Waals surface area contributed by atoms with Crippen LogP contribution in [0.15, 0.2) is 80.9 Å². The van der Waals surface area contributed by atoms with Gasteiger partial charge in [0.25, 0.3) is 0 Å². The van der Waals surface area contributed by atoms with Crippen LogP contribution in [0.4, 0.5) is 5.69 Å². The highest BCUT2D eigenvalue weighted by Crippen LogP contribution is 2.35. The zero-order valence-corrected chi connectivity index (χ0v) is 19.6. The van der Waals surface area contributed by atoms with Crippen LogP contribution in [-0.4, -0.2) is 9.97 Å². The van der Waals surface area contributed by atoms with Crippen molar-refractivity contribution in [1.82, 2.24) is 9.97 Å². The Labute approximate surface area is 205 Å². The maximum Gasteiger partial charge on any atom is 0.202 e. The highest BCUT2D eigenvalue weighted by molar-refractivity contribution is 6.29. The number of pyridine rings is 1. The average molecular weight is 483 g/mol. The van der Waals surface area contributed by atoms with Gasteiger partial charge in [-0.25, -0.2) is 9.97 Å². The smallest absolute Gasteiger partial charge is 0.202 e. The minimum atomic E-state index is -0.322. The predicted octanol–water partition coefficient (Wildman–Crippen LogP) is 6.52. The average Bonchev–Trinajstić information content (AvgIpc) is 3.40. The summed E-state index contributed by atoms with van der Waals surface area (Å²) in [5.74, 6) is 0.403. The summed E-state index contributed by atoms with van der Waals surface area (Å²) in [5, 5.41) is 13.5. The molecule has 0 radical (unpaired) electrons. The summed E-state index contributed by atoms with van der Waals surface area (Å²) >= 11 is 5.95. The van der Waals surface area contributed by atoms with Crippen molar-refractivity contribution < 1.29 is 8.83 Å². The summed E-state index contributed by atoms with van der Waals surface area (Å²) < 4.78 is 11.6. The molecular weight excluding hydrogens is 464 g/mol. The molecule has 0 saturated heterocycles. The molecule has 3 heterocycles. The topological polar surface area (TPSA) is 105 Å². The van der Waals surface area contributed by atoms with Gasteiger partial charge in [-0.05, 0) is 37.6 Å². The first-order chi connectivity index (χ1) is 17.0. The number of benzene rings is 2. The van der Waals surface area contributed by atoms with E-state index in [2.05, 4.69) is 21.4 Å². The van der Waals surface area contributed by atoms with E-state index in [9.17, 15) is 10.1 Å². The molecule has 1 N–H and O–H groups in total. The first-order valence-corrected chi connectivity index (χ1v) is 11.2. The Hall–Kier alpha value is -4.41. The van der Waals surface area contributed by atoms with Gasteiger partial charge in [0.05, 0.1) is 22.7 Å². The lowest BCUT2D eigenvalue weighted by atomic mass is 9.97. The second-order valence-corrected chi connectivity index (χ2v) is 8.50. The number of halogens is 1. The Kier molecular flexibility index (Phi) is 5.81. The van der Waals surface area contributed by atoms with Crippen molar-refractivity contribution >= 4 is 28.3 Å². The van der Waals surface area contributed by atoms with Crippen LogP contribution in [-0.2, 0) is 0 Å². The maximum atomic E-state index is 13.8. The van der Waals surface area contributed by atoms with E-state index in [0.717, 1.165) is 16.7 Å². The van der Waals surface area contributed by atoms with Gasteiger partial charge in [-0.1, -0.05) is 48.0 Å². The lowest BCUT2D eigenvalue weighted by molar-refractivity contribution is 0.558. The maximum absolute atomic E-state index is 13.8. The third kappa shape index (κ3) is 4.16. The van der Waals surface area contributed by atoms with Gasteiger partial charge >= 0.3 is 0 Å². The Balaban J connectivity index is 1.74. The number of hydrogen-bond donors (Lipinski definition) is 1. The Morgan fingerprint density at radius 3 is 2.66 bits per heavy atom. The van der Waals surface area contributed by atoms with E-state index in [4.69, 9.17) is 20.4 Å². The zero-order chi connectivity index (χ0) is 24.5. The first-order valence-electron chi connectivity index (χ1n) is 10.8. The Morgan fingerprint density at radius 2 is 1.94 bits per heavy atom. The summed E-state index contributed by atoms with van der Waals surface area (Å²) in [4.78, 5) is 22.1. The monoisotopic (exact) mass is 482 g/mol. The van der Waals surface area contributed by atoms with Gasteiger partial charge in [0.1, 0.15) is 34.5 Å². The normalized spacial score (nSPS) is 11.8. The number of anilines is 1. The van der Waals surface area contributed by atoms with Crippen LogP contribution < -0.4 is 10.7 Å². The van der Waals surface area contributed by atoms with Gasteiger partial charge in [0.2, 0.25) is 5.43 Å². The largest absolute Gasteiger partial charge is 0.455 e. The molecule has 8 heteroatoms. The number of rotatable bonds is 5. The van der Waals surface area contributed by atoms with Crippen LogP contribution in [0.25, 0.3) is 33.6 Å². The molecule has 0 saturated carbocycles. The number of nitrogens with zero attached hydrogens (tertiary/aromatic N) is 3. The number of hydrogen-bond acceptors (Lipinski definition) is 7. The molecule has 0 aliphatic heterocycles. The molecule has 0 fully saturated rings. The summed E-state index contributed by atoms with van der Waals surface area (Å²) in [5.41, 5.74) is 4.09. The van der Waals surface area contributed by atoms with E-state index in [-0.39, 0.29) is 22.3 Å². The Morgan fingerprint density at radius 1 is 1.14 bits per heavy atom. The molecule has 35 heavy (non-hydrogen) atoms. The van der Waals surface area contributed by atoms with Gasteiger partial charge < -0.3 is 14.2 Å². The van der Waals surface area contributed by atoms with E-state index in [1.807, 2.05) is 50.2 Å². The van der Waals surface area contributed by atoms with Crippen LogP contribution in [0.2, 0.25) is 5.15 Å². The number of nitrogens with one attached hydrogen (secondary N) is 1.